The van der Waals surface area contributed by atoms with E-state index in [1.807, 2.05) is 39.0 Å². The Kier molecular flexibility index (Phi) is 6.63. The van der Waals surface area contributed by atoms with Crippen molar-refractivity contribution in [3.8, 4) is 5.88 Å². The molecule has 2 aliphatic heterocycles. The van der Waals surface area contributed by atoms with Crippen LogP contribution < -0.4 is 14.4 Å². The van der Waals surface area contributed by atoms with Crippen LogP contribution >= 0.6 is 0 Å². The number of carbonyl (C=O) groups is 1. The summed E-state index contributed by atoms with van der Waals surface area (Å²) in [5.74, 6) is 0.299. The molecule has 1 saturated heterocycles. The van der Waals surface area contributed by atoms with E-state index in [1.54, 1.807) is 6.07 Å². The lowest BCUT2D eigenvalue weighted by atomic mass is 9.90. The largest absolute Gasteiger partial charge is 0.474 e. The molecule has 9 heteroatoms. The number of nitrogens with zero attached hydrogens (tertiary/aromatic N) is 3. The summed E-state index contributed by atoms with van der Waals surface area (Å²) in [5.41, 5.74) is 1.50. The molecule has 0 radical (unpaired) electrons. The molecule has 0 saturated carbocycles. The van der Waals surface area contributed by atoms with Crippen LogP contribution in [0.1, 0.15) is 61.9 Å². The van der Waals surface area contributed by atoms with E-state index >= 15 is 0 Å². The summed E-state index contributed by atoms with van der Waals surface area (Å²) < 4.78 is 35.6. The minimum atomic E-state index is -3.77. The average Bonchev–Trinajstić information content (AvgIpc) is 2.83. The van der Waals surface area contributed by atoms with Gasteiger partial charge in [-0.1, -0.05) is 37.3 Å². The number of fused-ring (bicyclic) bond motifs is 1. The summed E-state index contributed by atoms with van der Waals surface area (Å²) >= 11 is 0. The minimum Gasteiger partial charge on any atom is -0.474 e. The van der Waals surface area contributed by atoms with Gasteiger partial charge in [0.15, 0.2) is 0 Å². The number of rotatable bonds is 6. The molecule has 0 spiro atoms. The van der Waals surface area contributed by atoms with Crippen LogP contribution in [0.3, 0.4) is 0 Å². The molecule has 4 rings (SSSR count). The predicted molar refractivity (Wildman–Crippen MR) is 128 cm³/mol. The highest BCUT2D eigenvalue weighted by Gasteiger charge is 2.37. The van der Waals surface area contributed by atoms with Gasteiger partial charge in [0.25, 0.3) is 5.91 Å². The number of hydrogen-bond acceptors (Lipinski definition) is 5. The molecule has 33 heavy (non-hydrogen) atoms. The average molecular weight is 473 g/mol. The van der Waals surface area contributed by atoms with Crippen molar-refractivity contribution in [2.24, 2.45) is 0 Å². The van der Waals surface area contributed by atoms with Crippen LogP contribution in [0.2, 0.25) is 0 Å². The standard InChI is InChI=1S/C24H32N4O4S/c1-4-24(2,3)26-22(29)20-16-21-23(25-17-20)32-15-14-28(21)33(30,31)27-12-10-19(11-13-27)18-8-6-5-7-9-18/h5-9,16-17,19H,4,10-15H2,1-3H3,(H,26,29). The van der Waals surface area contributed by atoms with Gasteiger partial charge in [-0.3, -0.25) is 4.79 Å². The molecule has 1 aromatic heterocycles. The Morgan fingerprint density at radius 1 is 1.18 bits per heavy atom. The second-order valence-electron chi connectivity index (χ2n) is 9.25. The SMILES string of the molecule is CCC(C)(C)NC(=O)c1cnc2c(c1)N(S(=O)(=O)N1CCC(c3ccccc3)CC1)CCO2. The first kappa shape index (κ1) is 23.5. The molecular weight excluding hydrogens is 440 g/mol. The monoisotopic (exact) mass is 472 g/mol. The quantitative estimate of drug-likeness (QED) is 0.696. The van der Waals surface area contributed by atoms with Gasteiger partial charge in [-0.05, 0) is 50.7 Å². The summed E-state index contributed by atoms with van der Waals surface area (Å²) in [7, 11) is -3.77. The summed E-state index contributed by atoms with van der Waals surface area (Å²) in [4.78, 5) is 17.0. The maximum absolute atomic E-state index is 13.6. The zero-order valence-corrected chi connectivity index (χ0v) is 20.3. The lowest BCUT2D eigenvalue weighted by Gasteiger charge is -2.37. The molecule has 1 N–H and O–H groups in total. The van der Waals surface area contributed by atoms with Gasteiger partial charge in [-0.25, -0.2) is 9.29 Å². The van der Waals surface area contributed by atoms with Gasteiger partial charge in [0.05, 0.1) is 12.1 Å². The number of piperidine rings is 1. The van der Waals surface area contributed by atoms with Crippen LogP contribution in [0, 0.1) is 0 Å². The normalized spacial score (nSPS) is 17.8. The smallest absolute Gasteiger partial charge is 0.304 e. The number of nitrogens with one attached hydrogen (secondary N) is 1. The van der Waals surface area contributed by atoms with Crippen molar-refractivity contribution in [2.45, 2.75) is 51.5 Å². The molecule has 3 heterocycles. The Morgan fingerprint density at radius 2 is 1.88 bits per heavy atom. The third-order valence-corrected chi connectivity index (χ3v) is 8.52. The molecule has 0 atom stereocenters. The molecule has 0 unspecified atom stereocenters. The zero-order chi connectivity index (χ0) is 23.6. The van der Waals surface area contributed by atoms with Crippen LogP contribution in [0.5, 0.6) is 5.88 Å². The molecule has 0 aliphatic carbocycles. The number of hydrogen-bond donors (Lipinski definition) is 1. The molecule has 2 aromatic rings. The number of pyridine rings is 1. The van der Waals surface area contributed by atoms with Gasteiger partial charge in [-0.2, -0.15) is 12.7 Å². The third-order valence-electron chi connectivity index (χ3n) is 6.56. The van der Waals surface area contributed by atoms with Crippen molar-refractivity contribution in [3.63, 3.8) is 0 Å². The Balaban J connectivity index is 1.53. The fourth-order valence-electron chi connectivity index (χ4n) is 4.19. The summed E-state index contributed by atoms with van der Waals surface area (Å²) in [6.07, 6.45) is 3.74. The second kappa shape index (κ2) is 9.30. The van der Waals surface area contributed by atoms with Gasteiger partial charge in [0.2, 0.25) is 5.88 Å². The van der Waals surface area contributed by atoms with Crippen molar-refractivity contribution in [1.29, 1.82) is 0 Å². The maximum atomic E-state index is 13.6. The maximum Gasteiger partial charge on any atom is 0.304 e. The van der Waals surface area contributed by atoms with Crippen molar-refractivity contribution in [1.82, 2.24) is 14.6 Å². The second-order valence-corrected chi connectivity index (χ2v) is 11.1. The lowest BCUT2D eigenvalue weighted by Crippen LogP contribution is -2.49. The van der Waals surface area contributed by atoms with Crippen LogP contribution in [0.25, 0.3) is 0 Å². The zero-order valence-electron chi connectivity index (χ0n) is 19.5. The number of carbonyl (C=O) groups excluding carboxylic acids is 1. The van der Waals surface area contributed by atoms with Crippen LogP contribution in [0.4, 0.5) is 5.69 Å². The van der Waals surface area contributed by atoms with Gasteiger partial charge in [0.1, 0.15) is 12.3 Å². The van der Waals surface area contributed by atoms with Crippen LogP contribution in [0.15, 0.2) is 42.6 Å². The first-order valence-electron chi connectivity index (χ1n) is 11.5. The molecule has 8 nitrogen and oxygen atoms in total. The van der Waals surface area contributed by atoms with Gasteiger partial charge >= 0.3 is 10.2 Å². The van der Waals surface area contributed by atoms with E-state index in [-0.39, 0.29) is 30.5 Å². The Labute approximate surface area is 196 Å². The van der Waals surface area contributed by atoms with E-state index in [1.165, 1.54) is 20.4 Å². The highest BCUT2D eigenvalue weighted by atomic mass is 32.2. The van der Waals surface area contributed by atoms with Gasteiger partial charge in [-0.15, -0.1) is 0 Å². The van der Waals surface area contributed by atoms with E-state index in [4.69, 9.17) is 4.74 Å². The number of benzene rings is 1. The number of aromatic nitrogens is 1. The van der Waals surface area contributed by atoms with Crippen LogP contribution in [-0.4, -0.2) is 55.4 Å². The fourth-order valence-corrected chi connectivity index (χ4v) is 5.83. The van der Waals surface area contributed by atoms with Crippen molar-refractivity contribution in [3.05, 3.63) is 53.7 Å². The van der Waals surface area contributed by atoms with E-state index in [9.17, 15) is 13.2 Å². The first-order chi connectivity index (χ1) is 15.7. The minimum absolute atomic E-state index is 0.182. The number of anilines is 1. The highest BCUT2D eigenvalue weighted by molar-refractivity contribution is 7.90. The van der Waals surface area contributed by atoms with E-state index in [2.05, 4.69) is 22.4 Å². The van der Waals surface area contributed by atoms with Crippen molar-refractivity contribution >= 4 is 21.8 Å². The molecule has 178 valence electrons. The summed E-state index contributed by atoms with van der Waals surface area (Å²) in [5, 5.41) is 2.97. The lowest BCUT2D eigenvalue weighted by molar-refractivity contribution is 0.0910. The highest BCUT2D eigenvalue weighted by Crippen LogP contribution is 2.35. The fraction of sp³-hybridized carbons (Fsp3) is 0.500. The van der Waals surface area contributed by atoms with Gasteiger partial charge in [0, 0.05) is 24.8 Å². The molecular formula is C24H32N4O4S. The summed E-state index contributed by atoms with van der Waals surface area (Å²) in [6, 6.07) is 11.8. The topological polar surface area (TPSA) is 91.8 Å². The van der Waals surface area contributed by atoms with E-state index in [0.717, 1.165) is 19.3 Å². The third kappa shape index (κ3) is 4.99. The first-order valence-corrected chi connectivity index (χ1v) is 12.9. The predicted octanol–water partition coefficient (Wildman–Crippen LogP) is 3.32. The molecule has 1 fully saturated rings. The molecule has 1 aromatic carbocycles. The van der Waals surface area contributed by atoms with E-state index in [0.29, 0.717) is 30.3 Å². The molecule has 0 bridgehead atoms. The van der Waals surface area contributed by atoms with Crippen LogP contribution in [-0.2, 0) is 10.2 Å². The van der Waals surface area contributed by atoms with Crippen molar-refractivity contribution < 1.29 is 17.9 Å². The number of amides is 1. The number of ether oxygens (including phenoxy) is 1. The van der Waals surface area contributed by atoms with E-state index < -0.39 is 10.2 Å². The molecule has 2 aliphatic rings. The summed E-state index contributed by atoms with van der Waals surface area (Å²) in [6.45, 7) is 7.18. The Bertz CT molecular complexity index is 1100. The van der Waals surface area contributed by atoms with Gasteiger partial charge < -0.3 is 10.1 Å². The van der Waals surface area contributed by atoms with Crippen molar-refractivity contribution in [2.75, 3.05) is 30.5 Å². The molecule has 1 amide bonds. The Morgan fingerprint density at radius 3 is 2.55 bits per heavy atom. The Hall–Kier alpha value is -2.65.